The average Bonchev–Trinajstić information content (AvgIpc) is 2.30. The first kappa shape index (κ1) is 8.63. The number of rotatable bonds is 1. The van der Waals surface area contributed by atoms with Gasteiger partial charge in [0.25, 0.3) is 0 Å². The van der Waals surface area contributed by atoms with Crippen molar-refractivity contribution in [3.63, 3.8) is 0 Å². The monoisotopic (exact) mass is 179 g/mol. The number of aromatic carboxylic acids is 1. The minimum atomic E-state index is -4.50. The van der Waals surface area contributed by atoms with Crippen LogP contribution in [0.3, 0.4) is 0 Å². The van der Waals surface area contributed by atoms with Gasteiger partial charge in [-0.15, -0.1) is 0 Å². The summed E-state index contributed by atoms with van der Waals surface area (Å²) in [5.74, 6) is -1.41. The molecule has 6 heteroatoms. The fourth-order valence-electron chi connectivity index (χ4n) is 0.681. The summed E-state index contributed by atoms with van der Waals surface area (Å²) in [6.07, 6.45) is -3.88. The second-order valence-corrected chi connectivity index (χ2v) is 2.10. The first-order chi connectivity index (χ1) is 5.41. The molecule has 3 nitrogen and oxygen atoms in total. The number of nitrogens with one attached hydrogen (secondary N) is 1. The summed E-state index contributed by atoms with van der Waals surface area (Å²) in [7, 11) is 0. The fraction of sp³-hybridized carbons (Fsp3) is 0.167. The number of alkyl halides is 3. The van der Waals surface area contributed by atoms with E-state index in [1.54, 1.807) is 0 Å². The summed E-state index contributed by atoms with van der Waals surface area (Å²) in [6, 6.07) is 0.544. The van der Waals surface area contributed by atoms with Crippen molar-refractivity contribution >= 4 is 5.97 Å². The van der Waals surface area contributed by atoms with Crippen LogP contribution in [0.4, 0.5) is 13.2 Å². The van der Waals surface area contributed by atoms with E-state index < -0.39 is 23.4 Å². The van der Waals surface area contributed by atoms with Gasteiger partial charge in [-0.1, -0.05) is 0 Å². The van der Waals surface area contributed by atoms with Crippen LogP contribution < -0.4 is 0 Å². The highest BCUT2D eigenvalue weighted by molar-refractivity contribution is 5.85. The van der Waals surface area contributed by atoms with Crippen LogP contribution in [-0.2, 0) is 6.18 Å². The third-order valence-corrected chi connectivity index (χ3v) is 1.24. The number of halogens is 3. The van der Waals surface area contributed by atoms with Crippen LogP contribution in [0.1, 0.15) is 16.1 Å². The third-order valence-electron chi connectivity index (χ3n) is 1.24. The lowest BCUT2D eigenvalue weighted by atomic mass is 10.3. The number of hydrogen-bond acceptors (Lipinski definition) is 1. The lowest BCUT2D eigenvalue weighted by Crippen LogP contribution is -2.02. The number of carbonyl (C=O) groups is 1. The second-order valence-electron chi connectivity index (χ2n) is 2.10. The zero-order valence-corrected chi connectivity index (χ0v) is 5.64. The van der Waals surface area contributed by atoms with Crippen LogP contribution in [-0.4, -0.2) is 16.1 Å². The topological polar surface area (TPSA) is 53.1 Å². The van der Waals surface area contributed by atoms with Gasteiger partial charge in [-0.3, -0.25) is 0 Å². The maximum Gasteiger partial charge on any atom is 0.417 e. The largest absolute Gasteiger partial charge is 0.477 e. The van der Waals surface area contributed by atoms with Gasteiger partial charge in [-0.25, -0.2) is 4.79 Å². The van der Waals surface area contributed by atoms with E-state index in [1.165, 1.54) is 0 Å². The minimum Gasteiger partial charge on any atom is -0.477 e. The summed E-state index contributed by atoms with van der Waals surface area (Å²) in [4.78, 5) is 12.1. The number of H-pyrrole nitrogens is 1. The van der Waals surface area contributed by atoms with Crippen LogP contribution in [0.25, 0.3) is 0 Å². The van der Waals surface area contributed by atoms with E-state index in [-0.39, 0.29) is 0 Å². The minimum absolute atomic E-state index is 0.470. The van der Waals surface area contributed by atoms with Gasteiger partial charge < -0.3 is 10.1 Å². The summed E-state index contributed by atoms with van der Waals surface area (Å²) >= 11 is 0. The van der Waals surface area contributed by atoms with E-state index in [4.69, 9.17) is 5.11 Å². The number of aromatic nitrogens is 1. The van der Waals surface area contributed by atoms with Gasteiger partial charge in [0.1, 0.15) is 5.69 Å². The van der Waals surface area contributed by atoms with Crippen LogP contribution >= 0.6 is 0 Å². The van der Waals surface area contributed by atoms with Gasteiger partial charge in [0.15, 0.2) is 0 Å². The van der Waals surface area contributed by atoms with Gasteiger partial charge >= 0.3 is 12.1 Å². The molecule has 0 amide bonds. The molecule has 0 aliphatic rings. The van der Waals surface area contributed by atoms with Gasteiger partial charge in [0.05, 0.1) is 5.56 Å². The summed E-state index contributed by atoms with van der Waals surface area (Å²) in [6.45, 7) is 0. The molecule has 1 rings (SSSR count). The van der Waals surface area contributed by atoms with E-state index >= 15 is 0 Å². The zero-order chi connectivity index (χ0) is 9.35. The van der Waals surface area contributed by atoms with Gasteiger partial charge in [0, 0.05) is 6.20 Å². The third kappa shape index (κ3) is 1.58. The Labute approximate surface area is 64.8 Å². The number of carboxylic acid groups (broad SMARTS) is 1. The molecular weight excluding hydrogens is 175 g/mol. The fourth-order valence-corrected chi connectivity index (χ4v) is 0.681. The molecule has 0 saturated carbocycles. The molecule has 0 bridgehead atoms. The lowest BCUT2D eigenvalue weighted by molar-refractivity contribution is -0.137. The molecule has 12 heavy (non-hydrogen) atoms. The standard InChI is InChI=1S/C6H4F3NO2/c7-6(8,9)3-1-4(5(11)12)10-2-3/h1-2,10H,(H,11,12). The summed E-state index contributed by atoms with van der Waals surface area (Å²) < 4.78 is 35.6. The molecule has 66 valence electrons. The maximum atomic E-state index is 11.9. The Morgan fingerprint density at radius 2 is 2.08 bits per heavy atom. The van der Waals surface area contributed by atoms with Gasteiger partial charge in [0.2, 0.25) is 0 Å². The lowest BCUT2D eigenvalue weighted by Gasteiger charge is -2.00. The molecule has 0 aromatic carbocycles. The van der Waals surface area contributed by atoms with Crippen molar-refractivity contribution in [3.05, 3.63) is 23.5 Å². The van der Waals surface area contributed by atoms with Crippen molar-refractivity contribution in [1.82, 2.24) is 4.98 Å². The highest BCUT2D eigenvalue weighted by Gasteiger charge is 2.32. The molecule has 0 atom stereocenters. The highest BCUT2D eigenvalue weighted by Crippen LogP contribution is 2.29. The molecule has 1 heterocycles. The smallest absolute Gasteiger partial charge is 0.417 e. The molecule has 1 aromatic rings. The van der Waals surface area contributed by atoms with Crippen molar-refractivity contribution in [2.24, 2.45) is 0 Å². The van der Waals surface area contributed by atoms with Crippen molar-refractivity contribution in [2.75, 3.05) is 0 Å². The van der Waals surface area contributed by atoms with Crippen molar-refractivity contribution in [3.8, 4) is 0 Å². The summed E-state index contributed by atoms with van der Waals surface area (Å²) in [5, 5.41) is 8.27. The quantitative estimate of drug-likeness (QED) is 0.689. The first-order valence-electron chi connectivity index (χ1n) is 2.90. The summed E-state index contributed by atoms with van der Waals surface area (Å²) in [5.41, 5.74) is -1.46. The van der Waals surface area contributed by atoms with E-state index in [9.17, 15) is 18.0 Å². The molecule has 0 radical (unpaired) electrons. The van der Waals surface area contributed by atoms with E-state index in [2.05, 4.69) is 0 Å². The Hall–Kier alpha value is -1.46. The van der Waals surface area contributed by atoms with Gasteiger partial charge in [-0.05, 0) is 6.07 Å². The van der Waals surface area contributed by atoms with Crippen LogP contribution in [0.2, 0.25) is 0 Å². The van der Waals surface area contributed by atoms with Crippen molar-refractivity contribution in [1.29, 1.82) is 0 Å². The maximum absolute atomic E-state index is 11.9. The SMILES string of the molecule is O=C(O)c1cc(C(F)(F)F)c[nH]1. The Bertz CT molecular complexity index is 302. The molecule has 0 aliphatic heterocycles. The van der Waals surface area contributed by atoms with Crippen LogP contribution in [0.15, 0.2) is 12.3 Å². The second kappa shape index (κ2) is 2.54. The molecule has 1 aromatic heterocycles. The molecule has 0 unspecified atom stereocenters. The average molecular weight is 179 g/mol. The zero-order valence-electron chi connectivity index (χ0n) is 5.64. The molecule has 0 aliphatic carbocycles. The molecular formula is C6H4F3NO2. The van der Waals surface area contributed by atoms with E-state index in [1.807, 2.05) is 4.98 Å². The van der Waals surface area contributed by atoms with E-state index in [0.717, 1.165) is 0 Å². The molecule has 0 saturated heterocycles. The first-order valence-corrected chi connectivity index (χ1v) is 2.90. The molecule has 2 N–H and O–H groups in total. The number of carboxylic acids is 1. The number of aromatic amines is 1. The van der Waals surface area contributed by atoms with Crippen LogP contribution in [0, 0.1) is 0 Å². The Kier molecular flexibility index (Phi) is 1.83. The molecule has 0 fully saturated rings. The highest BCUT2D eigenvalue weighted by atomic mass is 19.4. The Balaban J connectivity index is 3.00. The van der Waals surface area contributed by atoms with E-state index in [0.29, 0.717) is 12.3 Å². The van der Waals surface area contributed by atoms with Crippen molar-refractivity contribution in [2.45, 2.75) is 6.18 Å². The Morgan fingerprint density at radius 3 is 2.33 bits per heavy atom. The van der Waals surface area contributed by atoms with Crippen LogP contribution in [0.5, 0.6) is 0 Å². The Morgan fingerprint density at radius 1 is 1.50 bits per heavy atom. The number of hydrogen-bond donors (Lipinski definition) is 2. The van der Waals surface area contributed by atoms with Gasteiger partial charge in [-0.2, -0.15) is 13.2 Å². The molecule has 0 spiro atoms. The normalized spacial score (nSPS) is 11.6. The predicted molar refractivity (Wildman–Crippen MR) is 32.8 cm³/mol. The predicted octanol–water partition coefficient (Wildman–Crippen LogP) is 1.73. The van der Waals surface area contributed by atoms with Crippen molar-refractivity contribution < 1.29 is 23.1 Å².